The quantitative estimate of drug-likeness (QED) is 0.101. The number of rotatable bonds is 8. The average molecular weight is 644 g/mol. The van der Waals surface area contributed by atoms with Crippen molar-refractivity contribution in [1.29, 1.82) is 0 Å². The Bertz CT molecular complexity index is 1320. The van der Waals surface area contributed by atoms with E-state index < -0.39 is 0 Å². The first-order valence-corrected chi connectivity index (χ1v) is 19.3. The van der Waals surface area contributed by atoms with Crippen LogP contribution >= 0.6 is 47.0 Å². The lowest BCUT2D eigenvalue weighted by molar-refractivity contribution is 0.149. The third kappa shape index (κ3) is 6.15. The van der Waals surface area contributed by atoms with Gasteiger partial charge in [-0.05, 0) is 95.8 Å². The molecule has 0 amide bonds. The van der Waals surface area contributed by atoms with Crippen molar-refractivity contribution in [2.45, 2.75) is 43.7 Å². The second-order valence-corrected chi connectivity index (χ2v) is 14.4. The summed E-state index contributed by atoms with van der Waals surface area (Å²) in [5.41, 5.74) is 5.65. The van der Waals surface area contributed by atoms with Gasteiger partial charge in [0.15, 0.2) is 0 Å². The Morgan fingerprint density at radius 1 is 0.442 bits per heavy atom. The van der Waals surface area contributed by atoms with Gasteiger partial charge in [-0.2, -0.15) is 0 Å². The zero-order valence-corrected chi connectivity index (χ0v) is 28.0. The van der Waals surface area contributed by atoms with Crippen LogP contribution in [0.2, 0.25) is 0 Å². The fourth-order valence-electron chi connectivity index (χ4n) is 6.68. The Morgan fingerprint density at radius 2 is 0.674 bits per heavy atom. The van der Waals surface area contributed by atoms with E-state index in [9.17, 15) is 5.21 Å². The number of nitrogens with one attached hydrogen (secondary N) is 2. The lowest BCUT2D eigenvalue weighted by atomic mass is 9.63. The smallest absolute Gasteiger partial charge is 0.0708 e. The van der Waals surface area contributed by atoms with E-state index >= 15 is 0 Å². The number of piperidine rings is 2. The number of fused-ring (bicyclic) bond motifs is 2. The van der Waals surface area contributed by atoms with Crippen LogP contribution in [0, 0.1) is 11.8 Å². The molecule has 0 aliphatic carbocycles. The molecule has 4 aromatic rings. The highest BCUT2D eigenvalue weighted by Gasteiger charge is 2.54. The van der Waals surface area contributed by atoms with Crippen LogP contribution in [0.5, 0.6) is 0 Å². The van der Waals surface area contributed by atoms with Crippen LogP contribution in [0.25, 0.3) is 0 Å². The van der Waals surface area contributed by atoms with Gasteiger partial charge in [-0.15, -0.1) is 47.0 Å². The minimum atomic E-state index is -0.0845. The minimum absolute atomic E-state index is 0.0548. The molecule has 4 unspecified atom stereocenters. The van der Waals surface area contributed by atoms with Crippen molar-refractivity contribution in [2.24, 2.45) is 17.0 Å². The molecule has 0 saturated carbocycles. The van der Waals surface area contributed by atoms with E-state index in [1.165, 1.54) is 41.8 Å². The summed E-state index contributed by atoms with van der Waals surface area (Å²) < 4.78 is 0. The van der Waals surface area contributed by atoms with Crippen molar-refractivity contribution >= 4 is 52.8 Å². The molecule has 2 fully saturated rings. The van der Waals surface area contributed by atoms with Gasteiger partial charge in [-0.1, -0.05) is 53.7 Å². The molecular weight excluding hydrogens is 607 g/mol. The number of nitrogens with zero attached hydrogens (tertiary/aromatic N) is 1. The van der Waals surface area contributed by atoms with E-state index in [1.807, 2.05) is 0 Å². The second-order valence-electron chi connectivity index (χ2n) is 10.9. The molecule has 2 saturated heterocycles. The zero-order chi connectivity index (χ0) is 29.9. The highest BCUT2D eigenvalue weighted by molar-refractivity contribution is 7.99. The van der Waals surface area contributed by atoms with Crippen LogP contribution in [0.1, 0.15) is 46.4 Å². The van der Waals surface area contributed by atoms with Crippen molar-refractivity contribution in [3.8, 4) is 0 Å². The fourth-order valence-corrected chi connectivity index (χ4v) is 8.32. The number of oxime groups is 1. The summed E-state index contributed by atoms with van der Waals surface area (Å²) in [6, 6.07) is 35.2. The number of hydrogen-bond donors (Lipinski definition) is 3. The van der Waals surface area contributed by atoms with E-state index in [4.69, 9.17) is 0 Å². The van der Waals surface area contributed by atoms with E-state index in [0.717, 1.165) is 5.71 Å². The maximum atomic E-state index is 10.9. The molecule has 43 heavy (non-hydrogen) atoms. The van der Waals surface area contributed by atoms with Gasteiger partial charge in [-0.3, -0.25) is 0 Å². The first-order chi connectivity index (χ1) is 21.1. The maximum absolute atomic E-state index is 10.9. The first-order valence-electron chi connectivity index (χ1n) is 14.4. The van der Waals surface area contributed by atoms with Gasteiger partial charge in [0.05, 0.1) is 5.71 Å². The highest BCUT2D eigenvalue weighted by atomic mass is 32.2. The molecule has 2 aliphatic rings. The summed E-state index contributed by atoms with van der Waals surface area (Å²) >= 11 is 6.99. The van der Waals surface area contributed by atoms with Gasteiger partial charge in [-0.25, -0.2) is 0 Å². The summed E-state index contributed by atoms with van der Waals surface area (Å²) in [4.78, 5) is 4.93. The van der Waals surface area contributed by atoms with Gasteiger partial charge in [0.1, 0.15) is 0 Å². The van der Waals surface area contributed by atoms with Gasteiger partial charge in [0.25, 0.3) is 0 Å². The first kappa shape index (κ1) is 30.7. The fraction of sp³-hybridized carbons (Fsp3) is 0.286. The van der Waals surface area contributed by atoms with E-state index in [2.05, 4.69) is 138 Å². The molecule has 0 aromatic heterocycles. The van der Waals surface area contributed by atoms with Crippen LogP contribution < -0.4 is 10.6 Å². The van der Waals surface area contributed by atoms with E-state index in [0.29, 0.717) is 0 Å². The SMILES string of the molecule is CSc1ccc(C2NC(c3ccc(SC)cc3)C3C(=NO)C2C(c2ccc(SC)cc2)NC3c2ccc(SC)cc2)cc1. The number of hydrogen-bond acceptors (Lipinski definition) is 8. The standard InChI is InChI=1S/C35H37N3OS4/c1-40-25-13-5-21(6-14-25)31-29-32(22-7-15-26(41-2)16-8-22)37-34(24-11-19-28(43-4)20-12-24)30(35(29)38-39)33(36-31)23-9-17-27(42-3)18-10-23/h5-20,29-34,36-37,39H,1-4H3. The van der Waals surface area contributed by atoms with Crippen molar-refractivity contribution in [1.82, 2.24) is 10.6 Å². The number of benzene rings is 4. The molecule has 2 aliphatic heterocycles. The normalized spacial score (nSPS) is 25.0. The Kier molecular flexibility index (Phi) is 9.82. The third-order valence-corrected chi connectivity index (χ3v) is 11.8. The molecule has 4 nitrogen and oxygen atoms in total. The molecule has 0 spiro atoms. The van der Waals surface area contributed by atoms with Crippen LogP contribution in [0.3, 0.4) is 0 Å². The highest BCUT2D eigenvalue weighted by Crippen LogP contribution is 2.53. The van der Waals surface area contributed by atoms with Crippen molar-refractivity contribution in [2.75, 3.05) is 25.0 Å². The van der Waals surface area contributed by atoms with Crippen LogP contribution in [-0.2, 0) is 0 Å². The van der Waals surface area contributed by atoms with Crippen LogP contribution in [0.4, 0.5) is 0 Å². The lowest BCUT2D eigenvalue weighted by Gasteiger charge is -2.54. The van der Waals surface area contributed by atoms with Crippen molar-refractivity contribution in [3.63, 3.8) is 0 Å². The molecule has 222 valence electrons. The summed E-state index contributed by atoms with van der Waals surface area (Å²) in [6.45, 7) is 0. The Hall–Kier alpha value is -2.33. The molecule has 4 aromatic carbocycles. The monoisotopic (exact) mass is 643 g/mol. The van der Waals surface area contributed by atoms with Crippen molar-refractivity contribution < 1.29 is 5.21 Å². The van der Waals surface area contributed by atoms with Gasteiger partial charge in [0, 0.05) is 55.6 Å². The summed E-state index contributed by atoms with van der Waals surface area (Å²) in [5, 5.41) is 23.3. The van der Waals surface area contributed by atoms with Gasteiger partial charge >= 0.3 is 0 Å². The topological polar surface area (TPSA) is 56.7 Å². The molecule has 4 atom stereocenters. The second kappa shape index (κ2) is 13.8. The minimum Gasteiger partial charge on any atom is -0.411 e. The summed E-state index contributed by atoms with van der Waals surface area (Å²) in [6.07, 6.45) is 8.42. The molecule has 8 heteroatoms. The third-order valence-electron chi connectivity index (χ3n) is 8.85. The average Bonchev–Trinajstić information content (AvgIpc) is 3.08. The van der Waals surface area contributed by atoms with Crippen LogP contribution in [0.15, 0.2) is 122 Å². The largest absolute Gasteiger partial charge is 0.411 e. The molecule has 0 radical (unpaired) electrons. The number of thioether (sulfide) groups is 4. The molecule has 6 rings (SSSR count). The predicted octanol–water partition coefficient (Wildman–Crippen LogP) is 9.11. The Balaban J connectivity index is 1.52. The Morgan fingerprint density at radius 3 is 0.860 bits per heavy atom. The predicted molar refractivity (Wildman–Crippen MR) is 186 cm³/mol. The molecule has 3 N–H and O–H groups in total. The van der Waals surface area contributed by atoms with Crippen LogP contribution in [-0.4, -0.2) is 35.9 Å². The molecular formula is C35H37N3OS4. The van der Waals surface area contributed by atoms with Crippen molar-refractivity contribution in [3.05, 3.63) is 119 Å². The summed E-state index contributed by atoms with van der Waals surface area (Å²) in [5.74, 6) is -0.169. The molecule has 2 bridgehead atoms. The van der Waals surface area contributed by atoms with Gasteiger partial charge in [0.2, 0.25) is 0 Å². The van der Waals surface area contributed by atoms with Gasteiger partial charge < -0.3 is 15.8 Å². The van der Waals surface area contributed by atoms with E-state index in [-0.39, 0.29) is 36.0 Å². The zero-order valence-electron chi connectivity index (χ0n) is 24.7. The lowest BCUT2D eigenvalue weighted by Crippen LogP contribution is -2.60. The van der Waals surface area contributed by atoms with E-state index in [1.54, 1.807) is 47.0 Å². The maximum Gasteiger partial charge on any atom is 0.0708 e. The Labute approximate surface area is 272 Å². The summed E-state index contributed by atoms with van der Waals surface area (Å²) in [7, 11) is 0. The molecule has 2 heterocycles.